The first-order valence-corrected chi connectivity index (χ1v) is 6.94. The number of aliphatic carboxylic acids is 1. The maximum Gasteiger partial charge on any atom is 0.326 e. The average molecular weight is 276 g/mol. The van der Waals surface area contributed by atoms with E-state index in [1.807, 2.05) is 37.3 Å². The minimum absolute atomic E-state index is 0.109. The highest BCUT2D eigenvalue weighted by Crippen LogP contribution is 2.14. The van der Waals surface area contributed by atoms with Crippen molar-refractivity contribution in [3.05, 3.63) is 35.9 Å². The van der Waals surface area contributed by atoms with Gasteiger partial charge in [0, 0.05) is 13.0 Å². The molecule has 0 saturated carbocycles. The van der Waals surface area contributed by atoms with Gasteiger partial charge in [-0.1, -0.05) is 30.3 Å². The van der Waals surface area contributed by atoms with Gasteiger partial charge in [-0.05, 0) is 25.5 Å². The summed E-state index contributed by atoms with van der Waals surface area (Å²) < 4.78 is 0. The van der Waals surface area contributed by atoms with Gasteiger partial charge in [0.2, 0.25) is 5.91 Å². The third-order valence-corrected chi connectivity index (χ3v) is 3.68. The van der Waals surface area contributed by atoms with E-state index < -0.39 is 12.0 Å². The molecule has 1 heterocycles. The van der Waals surface area contributed by atoms with Crippen molar-refractivity contribution in [3.63, 3.8) is 0 Å². The first kappa shape index (κ1) is 14.5. The fourth-order valence-corrected chi connectivity index (χ4v) is 2.40. The van der Waals surface area contributed by atoms with Gasteiger partial charge < -0.3 is 15.3 Å². The highest BCUT2D eigenvalue weighted by atomic mass is 16.4. The Morgan fingerprint density at radius 2 is 2.05 bits per heavy atom. The number of likely N-dealkylation sites (N-methyl/N-ethyl adjacent to an activating group) is 1. The molecule has 1 fully saturated rings. The first-order chi connectivity index (χ1) is 9.63. The Bertz CT molecular complexity index is 471. The van der Waals surface area contributed by atoms with Crippen molar-refractivity contribution in [3.8, 4) is 0 Å². The van der Waals surface area contributed by atoms with Crippen LogP contribution in [0.3, 0.4) is 0 Å². The second kappa shape index (κ2) is 6.52. The molecule has 1 aromatic carbocycles. The summed E-state index contributed by atoms with van der Waals surface area (Å²) in [6.07, 6.45) is 1.12. The number of carbonyl (C=O) groups excluding carboxylic acids is 1. The lowest BCUT2D eigenvalue weighted by Gasteiger charge is -2.35. The molecule has 1 saturated heterocycles. The van der Waals surface area contributed by atoms with E-state index in [1.165, 1.54) is 4.90 Å². The van der Waals surface area contributed by atoms with E-state index in [0.717, 1.165) is 18.5 Å². The highest BCUT2D eigenvalue weighted by molar-refractivity contribution is 5.87. The molecule has 0 bridgehead atoms. The van der Waals surface area contributed by atoms with Crippen molar-refractivity contribution in [1.82, 2.24) is 10.2 Å². The van der Waals surface area contributed by atoms with Gasteiger partial charge in [0.1, 0.15) is 6.04 Å². The molecule has 5 heteroatoms. The average Bonchev–Trinajstić information content (AvgIpc) is 2.37. The fourth-order valence-electron chi connectivity index (χ4n) is 2.40. The quantitative estimate of drug-likeness (QED) is 0.809. The molecular weight excluding hydrogens is 256 g/mol. The van der Waals surface area contributed by atoms with Crippen molar-refractivity contribution >= 4 is 11.9 Å². The zero-order chi connectivity index (χ0) is 14.5. The number of hydrogen-bond acceptors (Lipinski definition) is 3. The molecule has 1 aliphatic heterocycles. The van der Waals surface area contributed by atoms with Crippen molar-refractivity contribution < 1.29 is 14.7 Å². The van der Waals surface area contributed by atoms with Crippen molar-refractivity contribution in [2.45, 2.75) is 31.8 Å². The van der Waals surface area contributed by atoms with Crippen LogP contribution in [0.2, 0.25) is 0 Å². The molecule has 0 aliphatic carbocycles. The molecule has 2 N–H and O–H groups in total. The van der Waals surface area contributed by atoms with Crippen LogP contribution < -0.4 is 5.32 Å². The predicted octanol–water partition coefficient (Wildman–Crippen LogP) is 0.893. The SMILES string of the molecule is CCN(C(=O)[C@@H]1CCN1)[C@@H](Cc1ccccc1)C(=O)O. The monoisotopic (exact) mass is 276 g/mol. The molecule has 2 rings (SSSR count). The predicted molar refractivity (Wildman–Crippen MR) is 75.4 cm³/mol. The number of amides is 1. The maximum atomic E-state index is 12.3. The number of carbonyl (C=O) groups is 2. The Morgan fingerprint density at radius 1 is 1.40 bits per heavy atom. The van der Waals surface area contributed by atoms with E-state index in [2.05, 4.69) is 5.32 Å². The molecule has 2 atom stereocenters. The van der Waals surface area contributed by atoms with Crippen LogP contribution in [0, 0.1) is 0 Å². The summed E-state index contributed by atoms with van der Waals surface area (Å²) in [7, 11) is 0. The number of nitrogens with zero attached hydrogens (tertiary/aromatic N) is 1. The van der Waals surface area contributed by atoms with Gasteiger partial charge in [-0.25, -0.2) is 4.79 Å². The Labute approximate surface area is 118 Å². The lowest BCUT2D eigenvalue weighted by atomic mass is 10.0. The maximum absolute atomic E-state index is 12.3. The summed E-state index contributed by atoms with van der Waals surface area (Å²) >= 11 is 0. The largest absolute Gasteiger partial charge is 0.480 e. The number of hydrogen-bond donors (Lipinski definition) is 2. The van der Waals surface area contributed by atoms with E-state index in [9.17, 15) is 14.7 Å². The van der Waals surface area contributed by atoms with Crippen molar-refractivity contribution in [1.29, 1.82) is 0 Å². The molecule has 1 aromatic rings. The molecule has 0 unspecified atom stereocenters. The van der Waals surface area contributed by atoms with Gasteiger partial charge in [-0.15, -0.1) is 0 Å². The van der Waals surface area contributed by atoms with E-state index in [0.29, 0.717) is 13.0 Å². The summed E-state index contributed by atoms with van der Waals surface area (Å²) in [5, 5.41) is 12.5. The topological polar surface area (TPSA) is 69.6 Å². The van der Waals surface area contributed by atoms with Crippen LogP contribution >= 0.6 is 0 Å². The molecule has 108 valence electrons. The van der Waals surface area contributed by atoms with Crippen LogP contribution in [-0.2, 0) is 16.0 Å². The normalized spacial score (nSPS) is 18.9. The Hall–Kier alpha value is -1.88. The van der Waals surface area contributed by atoms with E-state index >= 15 is 0 Å². The minimum atomic E-state index is -0.955. The van der Waals surface area contributed by atoms with Crippen LogP contribution in [0.25, 0.3) is 0 Å². The summed E-state index contributed by atoms with van der Waals surface area (Å²) in [5.41, 5.74) is 0.924. The van der Waals surface area contributed by atoms with Gasteiger partial charge in [-0.3, -0.25) is 4.79 Å². The Balaban J connectivity index is 2.13. The molecule has 20 heavy (non-hydrogen) atoms. The summed E-state index contributed by atoms with van der Waals surface area (Å²) in [6.45, 7) is 3.04. The number of benzene rings is 1. The zero-order valence-corrected chi connectivity index (χ0v) is 11.6. The number of carboxylic acids is 1. The highest BCUT2D eigenvalue weighted by Gasteiger charge is 2.35. The number of nitrogens with one attached hydrogen (secondary N) is 1. The summed E-state index contributed by atoms with van der Waals surface area (Å²) in [4.78, 5) is 25.3. The van der Waals surface area contributed by atoms with E-state index in [1.54, 1.807) is 0 Å². The minimum Gasteiger partial charge on any atom is -0.480 e. The smallest absolute Gasteiger partial charge is 0.326 e. The van der Waals surface area contributed by atoms with E-state index in [4.69, 9.17) is 0 Å². The summed E-state index contributed by atoms with van der Waals surface area (Å²) in [6, 6.07) is 8.39. The second-order valence-corrected chi connectivity index (χ2v) is 4.96. The van der Waals surface area contributed by atoms with Gasteiger partial charge >= 0.3 is 5.97 Å². The van der Waals surface area contributed by atoms with Gasteiger partial charge in [-0.2, -0.15) is 0 Å². The van der Waals surface area contributed by atoms with Crippen LogP contribution in [0.15, 0.2) is 30.3 Å². The summed E-state index contributed by atoms with van der Waals surface area (Å²) in [5.74, 6) is -1.06. The standard InChI is InChI=1S/C15H20N2O3/c1-2-17(14(18)12-8-9-16-12)13(15(19)20)10-11-6-4-3-5-7-11/h3-7,12-13,16H,2,8-10H2,1H3,(H,19,20)/t12-,13-/m0/s1. The second-order valence-electron chi connectivity index (χ2n) is 4.96. The fraction of sp³-hybridized carbons (Fsp3) is 0.467. The third-order valence-electron chi connectivity index (χ3n) is 3.68. The number of carboxylic acid groups (broad SMARTS) is 1. The molecule has 0 aromatic heterocycles. The Morgan fingerprint density at radius 3 is 2.50 bits per heavy atom. The third kappa shape index (κ3) is 3.17. The lowest BCUT2D eigenvalue weighted by Crippen LogP contribution is -2.58. The molecule has 0 spiro atoms. The lowest BCUT2D eigenvalue weighted by molar-refractivity contribution is -0.151. The Kier molecular flexibility index (Phi) is 4.74. The van der Waals surface area contributed by atoms with Crippen LogP contribution in [0.5, 0.6) is 0 Å². The van der Waals surface area contributed by atoms with Crippen LogP contribution in [0.4, 0.5) is 0 Å². The first-order valence-electron chi connectivity index (χ1n) is 6.94. The number of rotatable bonds is 6. The molecule has 0 radical (unpaired) electrons. The molecule has 1 aliphatic rings. The van der Waals surface area contributed by atoms with Crippen LogP contribution in [0.1, 0.15) is 18.9 Å². The van der Waals surface area contributed by atoms with Crippen LogP contribution in [-0.4, -0.2) is 47.1 Å². The molecular formula is C15H20N2O3. The van der Waals surface area contributed by atoms with Gasteiger partial charge in [0.05, 0.1) is 6.04 Å². The van der Waals surface area contributed by atoms with Gasteiger partial charge in [0.15, 0.2) is 0 Å². The zero-order valence-electron chi connectivity index (χ0n) is 11.6. The molecule has 5 nitrogen and oxygen atoms in total. The van der Waals surface area contributed by atoms with Crippen molar-refractivity contribution in [2.24, 2.45) is 0 Å². The van der Waals surface area contributed by atoms with Gasteiger partial charge in [0.25, 0.3) is 0 Å². The van der Waals surface area contributed by atoms with E-state index in [-0.39, 0.29) is 11.9 Å². The molecule has 1 amide bonds. The van der Waals surface area contributed by atoms with Crippen molar-refractivity contribution in [2.75, 3.05) is 13.1 Å².